The maximum absolute atomic E-state index is 12.1. The number of nitrogens with zero attached hydrogens (tertiary/aromatic N) is 2. The highest BCUT2D eigenvalue weighted by atomic mass is 16.5. The summed E-state index contributed by atoms with van der Waals surface area (Å²) in [7, 11) is 1.51. The number of hydrogen-bond acceptors (Lipinski definition) is 5. The molecule has 2 heterocycles. The van der Waals surface area contributed by atoms with E-state index in [-0.39, 0.29) is 17.7 Å². The fourth-order valence-corrected chi connectivity index (χ4v) is 2.90. The molecular formula is C18H20N4O3. The first-order chi connectivity index (χ1) is 12.1. The van der Waals surface area contributed by atoms with E-state index in [0.717, 1.165) is 17.5 Å². The van der Waals surface area contributed by atoms with E-state index >= 15 is 0 Å². The fraction of sp³-hybridized carbons (Fsp3) is 0.333. The van der Waals surface area contributed by atoms with Gasteiger partial charge in [-0.05, 0) is 29.7 Å². The van der Waals surface area contributed by atoms with Gasteiger partial charge in [0.1, 0.15) is 0 Å². The molecule has 3 rings (SSSR count). The number of hydrogen-bond donors (Lipinski definition) is 2. The van der Waals surface area contributed by atoms with E-state index in [1.54, 1.807) is 18.5 Å². The van der Waals surface area contributed by atoms with Crippen molar-refractivity contribution >= 4 is 23.2 Å². The van der Waals surface area contributed by atoms with Crippen LogP contribution >= 0.6 is 0 Å². The largest absolute Gasteiger partial charge is 0.467 e. The molecule has 1 aromatic heterocycles. The van der Waals surface area contributed by atoms with Gasteiger partial charge in [-0.2, -0.15) is 0 Å². The number of carbonyl (C=O) groups is 2. The van der Waals surface area contributed by atoms with Gasteiger partial charge in [-0.3, -0.25) is 9.59 Å². The first-order valence-electron chi connectivity index (χ1n) is 8.20. The Hall–Kier alpha value is -2.96. The van der Waals surface area contributed by atoms with Crippen molar-refractivity contribution in [3.63, 3.8) is 0 Å². The topological polar surface area (TPSA) is 93.2 Å². The Morgan fingerprint density at radius 1 is 1.36 bits per heavy atom. The molecule has 1 atom stereocenters. The van der Waals surface area contributed by atoms with E-state index in [9.17, 15) is 9.59 Å². The highest BCUT2D eigenvalue weighted by Gasteiger charge is 2.27. The first kappa shape index (κ1) is 16.9. The molecule has 2 N–H and O–H groups in total. The van der Waals surface area contributed by atoms with Gasteiger partial charge in [0, 0.05) is 42.5 Å². The lowest BCUT2D eigenvalue weighted by Crippen LogP contribution is -2.24. The summed E-state index contributed by atoms with van der Waals surface area (Å²) in [4.78, 5) is 32.1. The van der Waals surface area contributed by atoms with Gasteiger partial charge in [0.15, 0.2) is 0 Å². The summed E-state index contributed by atoms with van der Waals surface area (Å²) >= 11 is 0. The molecule has 2 amide bonds. The van der Waals surface area contributed by atoms with Crippen LogP contribution in [0.25, 0.3) is 0 Å². The van der Waals surface area contributed by atoms with E-state index in [1.807, 2.05) is 19.1 Å². The van der Waals surface area contributed by atoms with Crippen LogP contribution in [0, 0.1) is 0 Å². The Morgan fingerprint density at radius 3 is 2.80 bits per heavy atom. The molecule has 130 valence electrons. The number of carbonyl (C=O) groups excluding carboxylic acids is 2. The third-order valence-corrected chi connectivity index (χ3v) is 4.09. The number of amides is 2. The molecule has 0 spiro atoms. The molecule has 0 saturated heterocycles. The van der Waals surface area contributed by atoms with Crippen LogP contribution in [0.2, 0.25) is 0 Å². The van der Waals surface area contributed by atoms with Crippen molar-refractivity contribution in [3.05, 3.63) is 41.7 Å². The molecule has 1 aromatic carbocycles. The third-order valence-electron chi connectivity index (χ3n) is 4.09. The zero-order chi connectivity index (χ0) is 17.8. The lowest BCUT2D eigenvalue weighted by Gasteiger charge is -2.26. The molecule has 0 fully saturated rings. The normalized spacial score (nSPS) is 15.9. The lowest BCUT2D eigenvalue weighted by atomic mass is 9.86. The molecule has 7 heteroatoms. The smallest absolute Gasteiger partial charge is 0.316 e. The molecule has 1 aliphatic heterocycles. The maximum Gasteiger partial charge on any atom is 0.316 e. The van der Waals surface area contributed by atoms with Crippen molar-refractivity contribution in [2.45, 2.75) is 32.1 Å². The van der Waals surface area contributed by atoms with Crippen LogP contribution in [0.3, 0.4) is 0 Å². The van der Waals surface area contributed by atoms with Crippen LogP contribution in [0.15, 0.2) is 30.6 Å². The number of benzene rings is 1. The predicted octanol–water partition coefficient (Wildman–Crippen LogP) is 2.70. The second-order valence-corrected chi connectivity index (χ2v) is 5.91. The Kier molecular flexibility index (Phi) is 4.92. The molecule has 1 aliphatic rings. The van der Waals surface area contributed by atoms with Gasteiger partial charge in [0.25, 0.3) is 0 Å². The van der Waals surface area contributed by atoms with Gasteiger partial charge in [0.05, 0.1) is 7.11 Å². The van der Waals surface area contributed by atoms with Crippen LogP contribution in [0.4, 0.5) is 11.4 Å². The second kappa shape index (κ2) is 7.29. The SMILES string of the molecule is CCCC(=O)Nc1ccc2c(c1)NC(=O)CC2c1cnc(OC)nc1. The number of fused-ring (bicyclic) bond motifs is 1. The highest BCUT2D eigenvalue weighted by molar-refractivity contribution is 5.97. The number of methoxy groups -OCH3 is 1. The maximum atomic E-state index is 12.1. The molecule has 0 saturated carbocycles. The van der Waals surface area contributed by atoms with Crippen molar-refractivity contribution in [1.82, 2.24) is 9.97 Å². The number of aromatic nitrogens is 2. The van der Waals surface area contributed by atoms with Gasteiger partial charge in [-0.15, -0.1) is 0 Å². The van der Waals surface area contributed by atoms with Crippen molar-refractivity contribution < 1.29 is 14.3 Å². The minimum atomic E-state index is -0.130. The molecule has 7 nitrogen and oxygen atoms in total. The van der Waals surface area contributed by atoms with Gasteiger partial charge < -0.3 is 15.4 Å². The second-order valence-electron chi connectivity index (χ2n) is 5.91. The average Bonchev–Trinajstić information content (AvgIpc) is 2.61. The number of rotatable bonds is 5. The molecule has 2 aromatic rings. The van der Waals surface area contributed by atoms with Crippen molar-refractivity contribution in [2.24, 2.45) is 0 Å². The summed E-state index contributed by atoms with van der Waals surface area (Å²) < 4.78 is 4.98. The summed E-state index contributed by atoms with van der Waals surface area (Å²) in [5.74, 6) is -0.245. The Balaban J connectivity index is 1.89. The summed E-state index contributed by atoms with van der Waals surface area (Å²) in [5.41, 5.74) is 3.19. The van der Waals surface area contributed by atoms with Gasteiger partial charge in [0.2, 0.25) is 11.8 Å². The zero-order valence-electron chi connectivity index (χ0n) is 14.2. The van der Waals surface area contributed by atoms with Crippen LogP contribution in [-0.4, -0.2) is 28.9 Å². The van der Waals surface area contributed by atoms with E-state index in [1.165, 1.54) is 7.11 Å². The van der Waals surface area contributed by atoms with Crippen LogP contribution in [0.1, 0.15) is 43.2 Å². The van der Waals surface area contributed by atoms with Crippen molar-refractivity contribution in [2.75, 3.05) is 17.7 Å². The number of anilines is 2. The van der Waals surface area contributed by atoms with Crippen molar-refractivity contribution in [3.8, 4) is 6.01 Å². The van der Waals surface area contributed by atoms with E-state index in [4.69, 9.17) is 4.74 Å². The van der Waals surface area contributed by atoms with Gasteiger partial charge >= 0.3 is 6.01 Å². The summed E-state index contributed by atoms with van der Waals surface area (Å²) in [6.45, 7) is 1.95. The Labute approximate surface area is 145 Å². The first-order valence-corrected chi connectivity index (χ1v) is 8.20. The molecule has 0 bridgehead atoms. The van der Waals surface area contributed by atoms with Crippen molar-refractivity contribution in [1.29, 1.82) is 0 Å². The molecule has 0 aliphatic carbocycles. The standard InChI is InChI=1S/C18H20N4O3/c1-3-4-16(23)21-12-5-6-13-14(8-17(24)22-15(13)7-12)11-9-19-18(25-2)20-10-11/h5-7,9-10,14H,3-4,8H2,1-2H3,(H,21,23)(H,22,24). The van der Waals surface area contributed by atoms with Gasteiger partial charge in [-0.25, -0.2) is 9.97 Å². The fourth-order valence-electron chi connectivity index (χ4n) is 2.90. The lowest BCUT2D eigenvalue weighted by molar-refractivity contribution is -0.117. The van der Waals surface area contributed by atoms with Crippen LogP contribution < -0.4 is 15.4 Å². The highest BCUT2D eigenvalue weighted by Crippen LogP contribution is 2.38. The number of ether oxygens (including phenoxy) is 1. The number of nitrogens with one attached hydrogen (secondary N) is 2. The minimum Gasteiger partial charge on any atom is -0.467 e. The molecule has 0 radical (unpaired) electrons. The van der Waals surface area contributed by atoms with E-state index < -0.39 is 0 Å². The molecular weight excluding hydrogens is 320 g/mol. The molecule has 1 unspecified atom stereocenters. The van der Waals surface area contributed by atoms with Gasteiger partial charge in [-0.1, -0.05) is 13.0 Å². The van der Waals surface area contributed by atoms with E-state index in [0.29, 0.717) is 30.2 Å². The quantitative estimate of drug-likeness (QED) is 0.873. The minimum absolute atomic E-state index is 0.0373. The Bertz CT molecular complexity index is 789. The summed E-state index contributed by atoms with van der Waals surface area (Å²) in [6, 6.07) is 5.85. The van der Waals surface area contributed by atoms with Crippen LogP contribution in [0.5, 0.6) is 6.01 Å². The monoisotopic (exact) mass is 340 g/mol. The summed E-state index contributed by atoms with van der Waals surface area (Å²) in [5, 5.41) is 5.72. The predicted molar refractivity (Wildman–Crippen MR) is 93.7 cm³/mol. The average molecular weight is 340 g/mol. The Morgan fingerprint density at radius 2 is 2.12 bits per heavy atom. The van der Waals surface area contributed by atoms with Crippen LogP contribution in [-0.2, 0) is 9.59 Å². The third kappa shape index (κ3) is 3.76. The zero-order valence-corrected chi connectivity index (χ0v) is 14.2. The summed E-state index contributed by atoms with van der Waals surface area (Å²) in [6.07, 6.45) is 4.93. The molecule has 25 heavy (non-hydrogen) atoms. The van der Waals surface area contributed by atoms with E-state index in [2.05, 4.69) is 20.6 Å².